The fraction of sp³-hybridized carbons (Fsp3) is 1.00. The molecule has 28 heavy (non-hydrogen) atoms. The summed E-state index contributed by atoms with van der Waals surface area (Å²) in [5.74, 6) is 0. The van der Waals surface area contributed by atoms with Gasteiger partial charge in [0.2, 0.25) is 0 Å². The standard InChI is InChI=1S/C23H48O5/c1-3-5-7-9-11-13-15-22(17-24)27-19-21(26)20-28-23(18-25)16-14-12-10-8-6-4-2/h21-26H,3-20H2,1-2H3. The lowest BCUT2D eigenvalue weighted by molar-refractivity contribution is -0.0817. The van der Waals surface area contributed by atoms with Gasteiger partial charge in [-0.05, 0) is 12.8 Å². The molecular weight excluding hydrogens is 356 g/mol. The minimum Gasteiger partial charge on any atom is -0.394 e. The van der Waals surface area contributed by atoms with E-state index in [-0.39, 0.29) is 38.6 Å². The summed E-state index contributed by atoms with van der Waals surface area (Å²) < 4.78 is 11.3. The Balaban J connectivity index is 3.75. The third-order valence-electron chi connectivity index (χ3n) is 5.22. The SMILES string of the molecule is CCCCCCCCC(CO)OCC(O)COC(CO)CCCCCCCC. The molecule has 0 saturated heterocycles. The molecule has 0 aromatic heterocycles. The van der Waals surface area contributed by atoms with Gasteiger partial charge in [0, 0.05) is 0 Å². The Morgan fingerprint density at radius 2 is 0.929 bits per heavy atom. The quantitative estimate of drug-likeness (QED) is 0.230. The first-order chi connectivity index (χ1) is 13.7. The molecule has 0 spiro atoms. The predicted octanol–water partition coefficient (Wildman–Crippen LogP) is 4.60. The highest BCUT2D eigenvalue weighted by molar-refractivity contribution is 4.62. The number of hydrogen-bond acceptors (Lipinski definition) is 5. The smallest absolute Gasteiger partial charge is 0.101 e. The molecule has 0 bridgehead atoms. The Hall–Kier alpha value is -0.200. The lowest BCUT2D eigenvalue weighted by Crippen LogP contribution is -2.30. The first-order valence-electron chi connectivity index (χ1n) is 11.8. The number of aliphatic hydroxyl groups excluding tert-OH is 3. The van der Waals surface area contributed by atoms with Crippen LogP contribution in [-0.2, 0) is 9.47 Å². The topological polar surface area (TPSA) is 79.2 Å². The molecule has 0 saturated carbocycles. The molecule has 5 heteroatoms. The van der Waals surface area contributed by atoms with Gasteiger partial charge >= 0.3 is 0 Å². The van der Waals surface area contributed by atoms with E-state index in [1.54, 1.807) is 0 Å². The van der Waals surface area contributed by atoms with E-state index < -0.39 is 6.10 Å². The van der Waals surface area contributed by atoms with Gasteiger partial charge in [-0.15, -0.1) is 0 Å². The predicted molar refractivity (Wildman–Crippen MR) is 116 cm³/mol. The summed E-state index contributed by atoms with van der Waals surface area (Å²) in [6.07, 6.45) is 15.1. The van der Waals surface area contributed by atoms with Crippen LogP contribution in [0, 0.1) is 0 Å². The average Bonchev–Trinajstić information content (AvgIpc) is 2.71. The van der Waals surface area contributed by atoms with Crippen LogP contribution in [0.2, 0.25) is 0 Å². The van der Waals surface area contributed by atoms with Crippen molar-refractivity contribution in [3.05, 3.63) is 0 Å². The highest BCUT2D eigenvalue weighted by Gasteiger charge is 2.14. The molecule has 0 aliphatic carbocycles. The molecule has 0 aromatic carbocycles. The molecule has 0 fully saturated rings. The number of rotatable bonds is 22. The summed E-state index contributed by atoms with van der Waals surface area (Å²) in [5, 5.41) is 28.9. The van der Waals surface area contributed by atoms with Gasteiger partial charge in [0.1, 0.15) is 6.10 Å². The Bertz CT molecular complexity index is 273. The largest absolute Gasteiger partial charge is 0.394 e. The van der Waals surface area contributed by atoms with Crippen molar-refractivity contribution in [2.24, 2.45) is 0 Å². The van der Waals surface area contributed by atoms with E-state index in [2.05, 4.69) is 13.8 Å². The summed E-state index contributed by atoms with van der Waals surface area (Å²) in [4.78, 5) is 0. The van der Waals surface area contributed by atoms with Gasteiger partial charge in [-0.3, -0.25) is 0 Å². The van der Waals surface area contributed by atoms with Crippen LogP contribution in [0.1, 0.15) is 104 Å². The molecule has 0 aliphatic rings. The molecule has 2 atom stereocenters. The Kier molecular flexibility index (Phi) is 21.4. The minimum atomic E-state index is -0.725. The number of hydrogen-bond donors (Lipinski definition) is 3. The van der Waals surface area contributed by atoms with Gasteiger partial charge in [0.05, 0.1) is 38.6 Å². The lowest BCUT2D eigenvalue weighted by Gasteiger charge is -2.21. The fourth-order valence-corrected chi connectivity index (χ4v) is 3.30. The third kappa shape index (κ3) is 17.9. The minimum absolute atomic E-state index is 0.0141. The maximum absolute atomic E-state index is 10.1. The van der Waals surface area contributed by atoms with Crippen molar-refractivity contribution in [1.82, 2.24) is 0 Å². The van der Waals surface area contributed by atoms with E-state index in [1.807, 2.05) is 0 Å². The second-order valence-electron chi connectivity index (χ2n) is 8.04. The van der Waals surface area contributed by atoms with Crippen LogP contribution in [-0.4, -0.2) is 60.1 Å². The van der Waals surface area contributed by atoms with Crippen LogP contribution < -0.4 is 0 Å². The zero-order valence-corrected chi connectivity index (χ0v) is 18.6. The summed E-state index contributed by atoms with van der Waals surface area (Å²) in [6.45, 7) is 4.72. The second kappa shape index (κ2) is 21.5. The average molecular weight is 405 g/mol. The molecule has 0 aromatic rings. The van der Waals surface area contributed by atoms with Crippen molar-refractivity contribution < 1.29 is 24.8 Å². The van der Waals surface area contributed by atoms with Gasteiger partial charge in [-0.2, -0.15) is 0 Å². The normalized spacial score (nSPS) is 14.9. The van der Waals surface area contributed by atoms with Crippen LogP contribution in [0.5, 0.6) is 0 Å². The summed E-state index contributed by atoms with van der Waals surface area (Å²) in [5.41, 5.74) is 0. The van der Waals surface area contributed by atoms with Crippen molar-refractivity contribution in [2.45, 2.75) is 122 Å². The van der Waals surface area contributed by atoms with Gasteiger partial charge in [0.15, 0.2) is 0 Å². The lowest BCUT2D eigenvalue weighted by atomic mass is 10.1. The number of ether oxygens (including phenoxy) is 2. The third-order valence-corrected chi connectivity index (χ3v) is 5.22. The maximum Gasteiger partial charge on any atom is 0.101 e. The van der Waals surface area contributed by atoms with Gasteiger partial charge < -0.3 is 24.8 Å². The molecule has 170 valence electrons. The Labute approximate surface area is 173 Å². The molecule has 0 heterocycles. The molecule has 5 nitrogen and oxygen atoms in total. The van der Waals surface area contributed by atoms with E-state index >= 15 is 0 Å². The first-order valence-corrected chi connectivity index (χ1v) is 11.8. The Morgan fingerprint density at radius 3 is 1.29 bits per heavy atom. The molecule has 0 amide bonds. The first kappa shape index (κ1) is 27.8. The van der Waals surface area contributed by atoms with Crippen LogP contribution in [0.3, 0.4) is 0 Å². The highest BCUT2D eigenvalue weighted by Crippen LogP contribution is 2.12. The van der Waals surface area contributed by atoms with Crippen molar-refractivity contribution in [1.29, 1.82) is 0 Å². The number of unbranched alkanes of at least 4 members (excludes halogenated alkanes) is 10. The molecule has 3 N–H and O–H groups in total. The molecule has 0 aliphatic heterocycles. The number of aliphatic hydroxyl groups is 3. The molecule has 2 unspecified atom stereocenters. The van der Waals surface area contributed by atoms with E-state index in [4.69, 9.17) is 9.47 Å². The second-order valence-corrected chi connectivity index (χ2v) is 8.04. The van der Waals surface area contributed by atoms with Crippen molar-refractivity contribution in [3.8, 4) is 0 Å². The van der Waals surface area contributed by atoms with Crippen LogP contribution >= 0.6 is 0 Å². The van der Waals surface area contributed by atoms with Gasteiger partial charge in [-0.1, -0.05) is 90.9 Å². The van der Waals surface area contributed by atoms with Crippen LogP contribution in [0.4, 0.5) is 0 Å². The van der Waals surface area contributed by atoms with Crippen molar-refractivity contribution >= 4 is 0 Å². The zero-order valence-electron chi connectivity index (χ0n) is 18.6. The summed E-state index contributed by atoms with van der Waals surface area (Å²) in [7, 11) is 0. The zero-order chi connectivity index (χ0) is 20.9. The highest BCUT2D eigenvalue weighted by atomic mass is 16.5. The Morgan fingerprint density at radius 1 is 0.571 bits per heavy atom. The van der Waals surface area contributed by atoms with Crippen LogP contribution in [0.25, 0.3) is 0 Å². The van der Waals surface area contributed by atoms with Crippen molar-refractivity contribution in [3.63, 3.8) is 0 Å². The molecule has 0 rings (SSSR count). The van der Waals surface area contributed by atoms with Crippen molar-refractivity contribution in [2.75, 3.05) is 26.4 Å². The van der Waals surface area contributed by atoms with E-state index in [0.29, 0.717) is 0 Å². The van der Waals surface area contributed by atoms with Gasteiger partial charge in [0.25, 0.3) is 0 Å². The van der Waals surface area contributed by atoms with E-state index in [9.17, 15) is 15.3 Å². The molecular formula is C23H48O5. The van der Waals surface area contributed by atoms with Crippen LogP contribution in [0.15, 0.2) is 0 Å². The fourth-order valence-electron chi connectivity index (χ4n) is 3.30. The monoisotopic (exact) mass is 404 g/mol. The summed E-state index contributed by atoms with van der Waals surface area (Å²) >= 11 is 0. The van der Waals surface area contributed by atoms with Gasteiger partial charge in [-0.25, -0.2) is 0 Å². The molecule has 0 radical (unpaired) electrons. The van der Waals surface area contributed by atoms with E-state index in [0.717, 1.165) is 25.7 Å². The maximum atomic E-state index is 10.1. The summed E-state index contributed by atoms with van der Waals surface area (Å²) in [6, 6.07) is 0. The van der Waals surface area contributed by atoms with E-state index in [1.165, 1.54) is 64.2 Å².